The average molecular weight is 607 g/mol. The van der Waals surface area contributed by atoms with E-state index in [-0.39, 0.29) is 26.1 Å². The lowest BCUT2D eigenvalue weighted by Gasteiger charge is -2.39. The first kappa shape index (κ1) is 40.7. The van der Waals surface area contributed by atoms with Crippen LogP contribution in [-0.4, -0.2) is 93.4 Å². The molecule has 0 aliphatic rings. The van der Waals surface area contributed by atoms with Crippen LogP contribution in [0.15, 0.2) is 0 Å². The van der Waals surface area contributed by atoms with Gasteiger partial charge in [-0.2, -0.15) is 0 Å². The van der Waals surface area contributed by atoms with Crippen LogP contribution in [-0.2, 0) is 19.1 Å². The lowest BCUT2D eigenvalue weighted by Crippen LogP contribution is -2.45. The van der Waals surface area contributed by atoms with Crippen LogP contribution in [0.3, 0.4) is 0 Å². The van der Waals surface area contributed by atoms with Crippen molar-refractivity contribution in [1.82, 2.24) is 0 Å². The third-order valence-corrected chi connectivity index (χ3v) is 7.88. The second kappa shape index (κ2) is 21.4. The molecule has 0 rings (SSSR count). The van der Waals surface area contributed by atoms with Gasteiger partial charge in [0.1, 0.15) is 12.2 Å². The molecular formula is C32H62O10. The second-order valence-electron chi connectivity index (χ2n) is 13.7. The summed E-state index contributed by atoms with van der Waals surface area (Å²) in [5.74, 6) is -2.00. The molecule has 6 unspecified atom stereocenters. The monoisotopic (exact) mass is 606 g/mol. The van der Waals surface area contributed by atoms with Gasteiger partial charge in [0.2, 0.25) is 0 Å². The van der Waals surface area contributed by atoms with Crippen LogP contribution in [0.2, 0.25) is 0 Å². The van der Waals surface area contributed by atoms with Crippen molar-refractivity contribution in [2.24, 2.45) is 22.7 Å². The topological polar surface area (TPSA) is 174 Å². The van der Waals surface area contributed by atoms with Gasteiger partial charge < -0.3 is 40.1 Å². The number of esters is 2. The van der Waals surface area contributed by atoms with Crippen LogP contribution in [0.5, 0.6) is 0 Å². The molecule has 6 N–H and O–H groups in total. The number of carbonyl (C=O) groups is 2. The maximum absolute atomic E-state index is 12.6. The van der Waals surface area contributed by atoms with Gasteiger partial charge in [-0.05, 0) is 49.4 Å². The van der Waals surface area contributed by atoms with Crippen molar-refractivity contribution in [3.63, 3.8) is 0 Å². The minimum atomic E-state index is -0.870. The van der Waals surface area contributed by atoms with E-state index >= 15 is 0 Å². The van der Waals surface area contributed by atoms with E-state index in [2.05, 4.69) is 0 Å². The highest BCUT2D eigenvalue weighted by Gasteiger charge is 2.40. The lowest BCUT2D eigenvalue weighted by atomic mass is 9.73. The van der Waals surface area contributed by atoms with Gasteiger partial charge in [0.05, 0.1) is 25.4 Å². The van der Waals surface area contributed by atoms with Gasteiger partial charge in [-0.1, -0.05) is 67.2 Å². The van der Waals surface area contributed by atoms with Crippen LogP contribution in [0.1, 0.15) is 119 Å². The van der Waals surface area contributed by atoms with Crippen LogP contribution in [0.4, 0.5) is 0 Å². The number of rotatable bonds is 23. The van der Waals surface area contributed by atoms with Gasteiger partial charge in [-0.25, -0.2) is 0 Å². The van der Waals surface area contributed by atoms with E-state index in [1.165, 1.54) is 0 Å². The van der Waals surface area contributed by atoms with Crippen LogP contribution >= 0.6 is 0 Å². The SMILES string of the molecule is CC(C)(C)C(C(O)CCCCCO)C(CO)OC(=O)CCCCC(=O)OC(CO)C(C(O)CCCCCO)C(C)(C)C. The third-order valence-electron chi connectivity index (χ3n) is 7.88. The molecule has 6 atom stereocenters. The van der Waals surface area contributed by atoms with Crippen molar-refractivity contribution in [2.75, 3.05) is 26.4 Å². The Morgan fingerprint density at radius 1 is 0.548 bits per heavy atom. The Morgan fingerprint density at radius 2 is 0.881 bits per heavy atom. The highest BCUT2D eigenvalue weighted by molar-refractivity contribution is 5.71. The zero-order valence-corrected chi connectivity index (χ0v) is 27.1. The number of unbranched alkanes of at least 4 members (excludes halogenated alkanes) is 5. The highest BCUT2D eigenvalue weighted by Crippen LogP contribution is 2.36. The number of aliphatic hydroxyl groups excluding tert-OH is 6. The van der Waals surface area contributed by atoms with Crippen molar-refractivity contribution in [2.45, 2.75) is 143 Å². The summed E-state index contributed by atoms with van der Waals surface area (Å²) in [6.07, 6.45) is 2.74. The Kier molecular flexibility index (Phi) is 20.7. The van der Waals surface area contributed by atoms with Crippen molar-refractivity contribution in [3.8, 4) is 0 Å². The molecule has 0 saturated heterocycles. The Labute approximate surface area is 253 Å². The van der Waals surface area contributed by atoms with Gasteiger partial charge in [0.25, 0.3) is 0 Å². The molecule has 0 amide bonds. The molecule has 0 fully saturated rings. The number of aliphatic hydroxyl groups is 6. The Hall–Kier alpha value is -1.30. The zero-order valence-electron chi connectivity index (χ0n) is 27.1. The van der Waals surface area contributed by atoms with Gasteiger partial charge in [0, 0.05) is 37.9 Å². The molecule has 0 bridgehead atoms. The zero-order chi connectivity index (χ0) is 32.3. The highest BCUT2D eigenvalue weighted by atomic mass is 16.6. The smallest absolute Gasteiger partial charge is 0.306 e. The van der Waals surface area contributed by atoms with Crippen LogP contribution in [0.25, 0.3) is 0 Å². The van der Waals surface area contributed by atoms with E-state index in [9.17, 15) is 30.0 Å². The van der Waals surface area contributed by atoms with E-state index in [0.717, 1.165) is 12.8 Å². The number of hydrogen-bond donors (Lipinski definition) is 6. The van der Waals surface area contributed by atoms with Gasteiger partial charge in [-0.3, -0.25) is 9.59 Å². The summed E-state index contributed by atoms with van der Waals surface area (Å²) in [6, 6.07) is 0. The maximum Gasteiger partial charge on any atom is 0.306 e. The maximum atomic E-state index is 12.6. The standard InChI is InChI=1S/C32H62O10/c1-31(2,3)29(23(37)15-9-7-13-19-33)25(21-35)41-27(39)17-11-12-18-28(40)42-26(22-36)30(32(4,5)6)24(38)16-10-8-14-20-34/h23-26,29-30,33-38H,7-22H2,1-6H3. The van der Waals surface area contributed by atoms with E-state index in [1.54, 1.807) is 0 Å². The predicted octanol–water partition coefficient (Wildman–Crippen LogP) is 3.51. The molecule has 0 aromatic heterocycles. The van der Waals surface area contributed by atoms with Gasteiger partial charge in [0.15, 0.2) is 0 Å². The molecule has 0 aliphatic carbocycles. The summed E-state index contributed by atoms with van der Waals surface area (Å²) in [6.45, 7) is 10.9. The molecule has 0 saturated carbocycles. The minimum Gasteiger partial charge on any atom is -0.459 e. The summed E-state index contributed by atoms with van der Waals surface area (Å²) >= 11 is 0. The molecule has 0 radical (unpaired) electrons. The van der Waals surface area contributed by atoms with Gasteiger partial charge in [-0.15, -0.1) is 0 Å². The van der Waals surface area contributed by atoms with Crippen molar-refractivity contribution >= 4 is 11.9 Å². The number of carbonyl (C=O) groups excluding carboxylic acids is 2. The molecular weight excluding hydrogens is 544 g/mol. The van der Waals surface area contributed by atoms with Crippen molar-refractivity contribution in [3.05, 3.63) is 0 Å². The van der Waals surface area contributed by atoms with Crippen LogP contribution < -0.4 is 0 Å². The van der Waals surface area contributed by atoms with Crippen molar-refractivity contribution in [1.29, 1.82) is 0 Å². The first-order chi connectivity index (χ1) is 19.6. The molecule has 42 heavy (non-hydrogen) atoms. The van der Waals surface area contributed by atoms with Crippen molar-refractivity contribution < 1.29 is 49.7 Å². The normalized spacial score (nSPS) is 16.8. The average Bonchev–Trinajstić information content (AvgIpc) is 2.89. The summed E-state index contributed by atoms with van der Waals surface area (Å²) < 4.78 is 11.2. The van der Waals surface area contributed by atoms with E-state index in [4.69, 9.17) is 19.7 Å². The molecule has 0 aromatic carbocycles. The first-order valence-corrected chi connectivity index (χ1v) is 15.8. The Bertz CT molecular complexity index is 655. The molecule has 10 nitrogen and oxygen atoms in total. The second-order valence-corrected chi connectivity index (χ2v) is 13.7. The largest absolute Gasteiger partial charge is 0.459 e. The van der Waals surface area contributed by atoms with E-state index in [0.29, 0.717) is 51.4 Å². The fourth-order valence-electron chi connectivity index (χ4n) is 5.85. The summed E-state index contributed by atoms with van der Waals surface area (Å²) in [5, 5.41) is 59.7. The minimum absolute atomic E-state index is 0.0356. The molecule has 10 heteroatoms. The fraction of sp³-hybridized carbons (Fsp3) is 0.938. The molecule has 0 aromatic rings. The predicted molar refractivity (Wildman–Crippen MR) is 161 cm³/mol. The third kappa shape index (κ3) is 16.5. The first-order valence-electron chi connectivity index (χ1n) is 15.8. The number of hydrogen-bond acceptors (Lipinski definition) is 10. The molecule has 0 aliphatic heterocycles. The Balaban J connectivity index is 4.92. The lowest BCUT2D eigenvalue weighted by molar-refractivity contribution is -0.165. The fourth-order valence-corrected chi connectivity index (χ4v) is 5.85. The Morgan fingerprint density at radius 3 is 1.14 bits per heavy atom. The summed E-state index contributed by atoms with van der Waals surface area (Å²) in [7, 11) is 0. The van der Waals surface area contributed by atoms with E-state index in [1.807, 2.05) is 41.5 Å². The molecule has 0 spiro atoms. The van der Waals surface area contributed by atoms with Crippen LogP contribution in [0, 0.1) is 22.7 Å². The molecule has 0 heterocycles. The quantitative estimate of drug-likeness (QED) is 0.0746. The van der Waals surface area contributed by atoms with Gasteiger partial charge >= 0.3 is 11.9 Å². The summed E-state index contributed by atoms with van der Waals surface area (Å²) in [4.78, 5) is 25.2. The van der Waals surface area contributed by atoms with E-state index < -0.39 is 72.2 Å². The molecule has 250 valence electrons. The number of ether oxygens (including phenoxy) is 2. The summed E-state index contributed by atoms with van der Waals surface area (Å²) in [5.41, 5.74) is -0.871.